The molecule has 0 bridgehead atoms. The van der Waals surface area contributed by atoms with E-state index in [2.05, 4.69) is 46.3 Å². The highest BCUT2D eigenvalue weighted by Gasteiger charge is 2.19. The molecule has 0 saturated carbocycles. The molecule has 0 aliphatic rings. The zero-order valence-corrected chi connectivity index (χ0v) is 19.1. The second-order valence-electron chi connectivity index (χ2n) is 7.24. The molecule has 11 heteroatoms. The largest absolute Gasteiger partial charge is 0.290 e. The third-order valence-corrected chi connectivity index (χ3v) is 6.22. The van der Waals surface area contributed by atoms with Gasteiger partial charge < -0.3 is 0 Å². The van der Waals surface area contributed by atoms with Crippen molar-refractivity contribution in [3.05, 3.63) is 46.9 Å². The summed E-state index contributed by atoms with van der Waals surface area (Å²) in [6.07, 6.45) is 2.32. The van der Waals surface area contributed by atoms with Crippen LogP contribution in [0.1, 0.15) is 27.2 Å². The Balaban J connectivity index is 1.84. The van der Waals surface area contributed by atoms with Crippen LogP contribution in [0, 0.1) is 5.92 Å². The van der Waals surface area contributed by atoms with Crippen molar-refractivity contribution in [2.75, 3.05) is 5.75 Å². The van der Waals surface area contributed by atoms with Crippen LogP contribution in [0.25, 0.3) is 16.9 Å². The van der Waals surface area contributed by atoms with Crippen molar-refractivity contribution in [1.29, 1.82) is 0 Å². The van der Waals surface area contributed by atoms with Crippen molar-refractivity contribution in [3.8, 4) is 5.69 Å². The van der Waals surface area contributed by atoms with E-state index < -0.39 is 0 Å². The lowest BCUT2D eigenvalue weighted by Gasteiger charge is -2.13. The van der Waals surface area contributed by atoms with Crippen molar-refractivity contribution < 1.29 is 0 Å². The topological polar surface area (TPSA) is 104 Å². The summed E-state index contributed by atoms with van der Waals surface area (Å²) in [5.74, 6) is 1.16. The molecule has 4 aromatic rings. The zero-order valence-electron chi connectivity index (χ0n) is 17.5. The Morgan fingerprint density at radius 3 is 2.68 bits per heavy atom. The van der Waals surface area contributed by atoms with E-state index in [0.29, 0.717) is 33.0 Å². The van der Waals surface area contributed by atoms with E-state index in [1.807, 2.05) is 30.3 Å². The smallest absolute Gasteiger partial charge is 0.270 e. The molecule has 0 atom stereocenters. The van der Waals surface area contributed by atoms with Crippen molar-refractivity contribution >= 4 is 34.7 Å². The van der Waals surface area contributed by atoms with Gasteiger partial charge in [-0.15, -0.1) is 5.10 Å². The molecule has 4 rings (SSSR count). The van der Waals surface area contributed by atoms with Crippen LogP contribution in [0.3, 0.4) is 0 Å². The number of hydrogen-bond acceptors (Lipinski definition) is 9. The van der Waals surface area contributed by atoms with Crippen molar-refractivity contribution in [3.63, 3.8) is 0 Å². The molecule has 0 amide bonds. The molecule has 0 aliphatic carbocycles. The van der Waals surface area contributed by atoms with E-state index in [1.54, 1.807) is 21.0 Å². The summed E-state index contributed by atoms with van der Waals surface area (Å²) in [5.41, 5.74) is 1.78. The van der Waals surface area contributed by atoms with Gasteiger partial charge in [0.25, 0.3) is 5.56 Å². The maximum atomic E-state index is 12.6. The molecular formula is C20H22N8OS2. The van der Waals surface area contributed by atoms with Gasteiger partial charge in [-0.3, -0.25) is 9.36 Å². The highest BCUT2D eigenvalue weighted by Crippen LogP contribution is 2.31. The van der Waals surface area contributed by atoms with Gasteiger partial charge in [-0.2, -0.15) is 4.68 Å². The Bertz CT molecular complexity index is 1240. The maximum absolute atomic E-state index is 12.6. The second kappa shape index (κ2) is 9.56. The molecule has 31 heavy (non-hydrogen) atoms. The third kappa shape index (κ3) is 4.77. The molecule has 1 aromatic carbocycles. The van der Waals surface area contributed by atoms with Crippen molar-refractivity contribution in [2.24, 2.45) is 5.92 Å². The minimum Gasteiger partial charge on any atom is -0.290 e. The van der Waals surface area contributed by atoms with Crippen LogP contribution in [-0.2, 0) is 6.54 Å². The highest BCUT2D eigenvalue weighted by molar-refractivity contribution is 7.99. The average molecular weight is 455 g/mol. The van der Waals surface area contributed by atoms with Gasteiger partial charge in [0.2, 0.25) is 5.16 Å². The lowest BCUT2D eigenvalue weighted by Crippen LogP contribution is -2.24. The van der Waals surface area contributed by atoms with Crippen LogP contribution in [-0.4, -0.2) is 45.5 Å². The molecule has 3 heterocycles. The van der Waals surface area contributed by atoms with Crippen LogP contribution in [0.2, 0.25) is 0 Å². The number of aromatic nitrogens is 8. The monoisotopic (exact) mass is 454 g/mol. The molecule has 9 nitrogen and oxygen atoms in total. The first kappa shape index (κ1) is 21.4. The molecule has 0 spiro atoms. The maximum Gasteiger partial charge on any atom is 0.270 e. The molecule has 160 valence electrons. The summed E-state index contributed by atoms with van der Waals surface area (Å²) in [7, 11) is 0. The van der Waals surface area contributed by atoms with Gasteiger partial charge in [0, 0.05) is 12.3 Å². The number of benzene rings is 1. The molecule has 3 aromatic heterocycles. The van der Waals surface area contributed by atoms with Gasteiger partial charge in [0.05, 0.1) is 11.9 Å². The van der Waals surface area contributed by atoms with E-state index in [1.165, 1.54) is 18.0 Å². The number of rotatable bonds is 8. The number of para-hydroxylation sites is 1. The number of tetrazole rings is 1. The Morgan fingerprint density at radius 2 is 1.94 bits per heavy atom. The van der Waals surface area contributed by atoms with Crippen molar-refractivity contribution in [1.82, 2.24) is 39.7 Å². The normalized spacial score (nSPS) is 11.5. The van der Waals surface area contributed by atoms with Crippen LogP contribution in [0.4, 0.5) is 0 Å². The predicted octanol–water partition coefficient (Wildman–Crippen LogP) is 3.47. The summed E-state index contributed by atoms with van der Waals surface area (Å²) in [5, 5.41) is 13.9. The summed E-state index contributed by atoms with van der Waals surface area (Å²) >= 11 is 2.87. The predicted molar refractivity (Wildman–Crippen MR) is 121 cm³/mol. The fraction of sp³-hybridized carbons (Fsp3) is 0.350. The van der Waals surface area contributed by atoms with Gasteiger partial charge in [-0.1, -0.05) is 50.7 Å². The van der Waals surface area contributed by atoms with Gasteiger partial charge in [0.15, 0.2) is 10.8 Å². The quantitative estimate of drug-likeness (QED) is 0.225. The molecular weight excluding hydrogens is 432 g/mol. The first-order valence-corrected chi connectivity index (χ1v) is 11.8. The molecule has 0 fully saturated rings. The molecule has 0 unspecified atom stereocenters. The number of fused-ring (bicyclic) bond motifs is 1. The lowest BCUT2D eigenvalue weighted by molar-refractivity contribution is 0.518. The minimum atomic E-state index is -0.170. The van der Waals surface area contributed by atoms with E-state index in [-0.39, 0.29) is 11.5 Å². The summed E-state index contributed by atoms with van der Waals surface area (Å²) < 4.78 is 3.33. The fourth-order valence-electron chi connectivity index (χ4n) is 2.93. The fourth-order valence-corrected chi connectivity index (χ4v) is 4.53. The van der Waals surface area contributed by atoms with E-state index in [0.717, 1.165) is 17.9 Å². The second-order valence-corrected chi connectivity index (χ2v) is 9.26. The van der Waals surface area contributed by atoms with Crippen molar-refractivity contribution in [2.45, 2.75) is 49.1 Å². The Morgan fingerprint density at radius 1 is 1.13 bits per heavy atom. The molecule has 0 saturated heterocycles. The van der Waals surface area contributed by atoms with Gasteiger partial charge in [-0.05, 0) is 46.7 Å². The average Bonchev–Trinajstić information content (AvgIpc) is 3.23. The van der Waals surface area contributed by atoms with E-state index in [9.17, 15) is 4.79 Å². The first-order valence-electron chi connectivity index (χ1n) is 9.99. The summed E-state index contributed by atoms with van der Waals surface area (Å²) in [6, 6.07) is 9.65. The SMILES string of the molecule is CCCSc1nc(Sc2nnnn2-c2ccccc2)c2ncc(=O)n(CC(C)C)c2n1. The number of thioether (sulfide) groups is 1. The molecule has 0 radical (unpaired) electrons. The Labute approximate surface area is 187 Å². The summed E-state index contributed by atoms with van der Waals surface area (Å²) in [4.78, 5) is 26.3. The van der Waals surface area contributed by atoms with Gasteiger partial charge >= 0.3 is 0 Å². The molecule has 0 N–H and O–H groups in total. The van der Waals surface area contributed by atoms with E-state index >= 15 is 0 Å². The Kier molecular flexibility index (Phi) is 6.62. The minimum absolute atomic E-state index is 0.170. The van der Waals surface area contributed by atoms with Crippen LogP contribution >= 0.6 is 23.5 Å². The third-order valence-electron chi connectivity index (χ3n) is 4.25. The standard InChI is InChI=1S/C20H22N8OS2/c1-4-10-30-19-22-17-16(21-11-15(29)27(17)12-13(2)3)18(23-19)31-20-24-25-26-28(20)14-8-6-5-7-9-14/h5-9,11,13H,4,10,12H2,1-3H3. The van der Waals surface area contributed by atoms with Crippen LogP contribution in [0.15, 0.2) is 56.7 Å². The first-order chi connectivity index (χ1) is 15.1. The van der Waals surface area contributed by atoms with Gasteiger partial charge in [-0.25, -0.2) is 15.0 Å². The van der Waals surface area contributed by atoms with Crippen LogP contribution in [0.5, 0.6) is 0 Å². The van der Waals surface area contributed by atoms with Crippen LogP contribution < -0.4 is 5.56 Å². The van der Waals surface area contributed by atoms with E-state index in [4.69, 9.17) is 4.98 Å². The zero-order chi connectivity index (χ0) is 21.8. The summed E-state index contributed by atoms with van der Waals surface area (Å²) in [6.45, 7) is 6.79. The highest BCUT2D eigenvalue weighted by atomic mass is 32.2. The number of nitrogens with zero attached hydrogens (tertiary/aromatic N) is 8. The molecule has 0 aliphatic heterocycles. The Hall–Kier alpha value is -2.79. The lowest BCUT2D eigenvalue weighted by atomic mass is 10.2. The van der Waals surface area contributed by atoms with Gasteiger partial charge in [0.1, 0.15) is 10.5 Å². The number of hydrogen-bond donors (Lipinski definition) is 0.